The number of nitrogens with one attached hydrogen (secondary N) is 2. The van der Waals surface area contributed by atoms with Gasteiger partial charge in [0.2, 0.25) is 5.91 Å². The molecule has 0 saturated carbocycles. The summed E-state index contributed by atoms with van der Waals surface area (Å²) in [5.41, 5.74) is 2.27. The molecule has 3 nitrogen and oxygen atoms in total. The van der Waals surface area contributed by atoms with Gasteiger partial charge in [0, 0.05) is 24.7 Å². The lowest BCUT2D eigenvalue weighted by Crippen LogP contribution is -2.32. The number of rotatable bonds is 0. The number of para-hydroxylation sites is 1. The number of anilines is 1. The number of fused-ring (bicyclic) bond motifs is 3. The molecule has 0 bridgehead atoms. The van der Waals surface area contributed by atoms with Gasteiger partial charge in [-0.3, -0.25) is 4.79 Å². The summed E-state index contributed by atoms with van der Waals surface area (Å²) in [5, 5.41) is 6.23. The van der Waals surface area contributed by atoms with Crippen molar-refractivity contribution in [3.8, 4) is 0 Å². The molecule has 1 fully saturated rings. The summed E-state index contributed by atoms with van der Waals surface area (Å²) in [6, 6.07) is 8.08. The molecule has 1 amide bonds. The van der Waals surface area contributed by atoms with Gasteiger partial charge in [-0.1, -0.05) is 18.2 Å². The van der Waals surface area contributed by atoms with Crippen LogP contribution in [0.5, 0.6) is 0 Å². The molecule has 0 radical (unpaired) electrons. The van der Waals surface area contributed by atoms with Gasteiger partial charge in [0.15, 0.2) is 0 Å². The van der Waals surface area contributed by atoms with Gasteiger partial charge in [-0.2, -0.15) is 0 Å². The fourth-order valence-electron chi connectivity index (χ4n) is 2.44. The topological polar surface area (TPSA) is 41.1 Å². The molecule has 1 aromatic carbocycles. The number of carbonyl (C=O) groups excluding carboxylic acids is 1. The van der Waals surface area contributed by atoms with E-state index in [0.29, 0.717) is 5.92 Å². The lowest BCUT2D eigenvalue weighted by molar-refractivity contribution is -0.120. The van der Waals surface area contributed by atoms with Crippen LogP contribution in [-0.2, 0) is 4.79 Å². The highest BCUT2D eigenvalue weighted by atomic mass is 16.2. The average molecular weight is 188 g/mol. The second kappa shape index (κ2) is 2.82. The van der Waals surface area contributed by atoms with Crippen molar-refractivity contribution in [2.75, 3.05) is 18.4 Å². The zero-order valence-electron chi connectivity index (χ0n) is 7.79. The average Bonchev–Trinajstić information content (AvgIpc) is 2.67. The van der Waals surface area contributed by atoms with Gasteiger partial charge in [-0.25, -0.2) is 0 Å². The lowest BCUT2D eigenvalue weighted by Gasteiger charge is -2.26. The van der Waals surface area contributed by atoms with Crippen LogP contribution in [0.2, 0.25) is 0 Å². The van der Waals surface area contributed by atoms with Crippen molar-refractivity contribution in [1.29, 1.82) is 0 Å². The van der Waals surface area contributed by atoms with E-state index in [2.05, 4.69) is 16.7 Å². The van der Waals surface area contributed by atoms with Crippen LogP contribution in [0.25, 0.3) is 0 Å². The van der Waals surface area contributed by atoms with Gasteiger partial charge in [-0.05, 0) is 11.6 Å². The highest BCUT2D eigenvalue weighted by molar-refractivity contribution is 5.97. The molecule has 1 aromatic rings. The third kappa shape index (κ3) is 0.990. The first-order chi connectivity index (χ1) is 6.86. The third-order valence-corrected chi connectivity index (χ3v) is 3.17. The van der Waals surface area contributed by atoms with Crippen LogP contribution in [-0.4, -0.2) is 19.0 Å². The Morgan fingerprint density at radius 2 is 1.93 bits per heavy atom. The van der Waals surface area contributed by atoms with E-state index in [0.717, 1.165) is 18.8 Å². The highest BCUT2D eigenvalue weighted by Crippen LogP contribution is 2.37. The van der Waals surface area contributed by atoms with Gasteiger partial charge in [0.05, 0.1) is 5.92 Å². The Bertz CT molecular complexity index is 389. The second-order valence-electron chi connectivity index (χ2n) is 3.95. The molecular weight excluding hydrogens is 176 g/mol. The molecule has 2 heterocycles. The minimum atomic E-state index is 0.130. The molecule has 0 unspecified atom stereocenters. The summed E-state index contributed by atoms with van der Waals surface area (Å²) in [7, 11) is 0. The lowest BCUT2D eigenvalue weighted by atomic mass is 9.84. The van der Waals surface area contributed by atoms with Crippen LogP contribution in [0, 0.1) is 5.92 Å². The quantitative estimate of drug-likeness (QED) is 0.636. The molecule has 2 N–H and O–H groups in total. The normalized spacial score (nSPS) is 29.3. The van der Waals surface area contributed by atoms with E-state index in [9.17, 15) is 4.79 Å². The predicted molar refractivity (Wildman–Crippen MR) is 54.2 cm³/mol. The second-order valence-corrected chi connectivity index (χ2v) is 3.95. The van der Waals surface area contributed by atoms with Crippen LogP contribution in [0.1, 0.15) is 11.5 Å². The number of carbonyl (C=O) groups is 1. The van der Waals surface area contributed by atoms with Crippen LogP contribution in [0.3, 0.4) is 0 Å². The van der Waals surface area contributed by atoms with Gasteiger partial charge < -0.3 is 10.6 Å². The van der Waals surface area contributed by atoms with Crippen LogP contribution >= 0.6 is 0 Å². The smallest absolute Gasteiger partial charge is 0.229 e. The standard InChI is InChI=1S/C11H12N2O/c14-11-9-6-12-5-8(9)7-3-1-2-4-10(7)13-11/h1-4,8-9,12H,5-6H2,(H,13,14)/t8-,9+/m1/s1. The molecule has 1 saturated heterocycles. The number of amides is 1. The third-order valence-electron chi connectivity index (χ3n) is 3.17. The molecule has 2 aliphatic rings. The van der Waals surface area contributed by atoms with E-state index in [1.807, 2.05) is 18.2 Å². The fourth-order valence-corrected chi connectivity index (χ4v) is 2.44. The van der Waals surface area contributed by atoms with E-state index in [-0.39, 0.29) is 11.8 Å². The number of hydrogen-bond acceptors (Lipinski definition) is 2. The zero-order valence-corrected chi connectivity index (χ0v) is 7.79. The minimum absolute atomic E-state index is 0.130. The summed E-state index contributed by atoms with van der Waals surface area (Å²) in [5.74, 6) is 0.670. The SMILES string of the molecule is O=C1Nc2ccccc2[C@H]2CNC[C@H]12. The van der Waals surface area contributed by atoms with E-state index in [4.69, 9.17) is 0 Å². The van der Waals surface area contributed by atoms with E-state index in [1.54, 1.807) is 0 Å². The number of benzene rings is 1. The zero-order chi connectivity index (χ0) is 9.54. The van der Waals surface area contributed by atoms with E-state index in [1.165, 1.54) is 5.56 Å². The Morgan fingerprint density at radius 1 is 1.14 bits per heavy atom. The van der Waals surface area contributed by atoms with Crippen LogP contribution in [0.15, 0.2) is 24.3 Å². The van der Waals surface area contributed by atoms with E-state index >= 15 is 0 Å². The first kappa shape index (κ1) is 8.00. The summed E-state index contributed by atoms with van der Waals surface area (Å²) < 4.78 is 0. The largest absolute Gasteiger partial charge is 0.326 e. The highest BCUT2D eigenvalue weighted by Gasteiger charge is 2.38. The summed E-state index contributed by atoms with van der Waals surface area (Å²) in [6.07, 6.45) is 0. The Kier molecular flexibility index (Phi) is 1.61. The van der Waals surface area contributed by atoms with Crippen LogP contribution < -0.4 is 10.6 Å². The molecule has 0 spiro atoms. The molecule has 2 atom stereocenters. The molecule has 3 heteroatoms. The molecule has 0 aliphatic carbocycles. The fraction of sp³-hybridized carbons (Fsp3) is 0.364. The first-order valence-electron chi connectivity index (χ1n) is 4.97. The summed E-state index contributed by atoms with van der Waals surface area (Å²) in [6.45, 7) is 1.74. The predicted octanol–water partition coefficient (Wildman–Crippen LogP) is 0.942. The molecular formula is C11H12N2O. The molecule has 0 aromatic heterocycles. The van der Waals surface area contributed by atoms with Gasteiger partial charge >= 0.3 is 0 Å². The van der Waals surface area contributed by atoms with Crippen molar-refractivity contribution in [2.24, 2.45) is 5.92 Å². The van der Waals surface area contributed by atoms with Crippen LogP contribution in [0.4, 0.5) is 5.69 Å². The van der Waals surface area contributed by atoms with Crippen molar-refractivity contribution in [1.82, 2.24) is 5.32 Å². The van der Waals surface area contributed by atoms with Crippen molar-refractivity contribution in [3.63, 3.8) is 0 Å². The van der Waals surface area contributed by atoms with Crippen molar-refractivity contribution < 1.29 is 4.79 Å². The van der Waals surface area contributed by atoms with Gasteiger partial charge in [-0.15, -0.1) is 0 Å². The van der Waals surface area contributed by atoms with Crippen molar-refractivity contribution in [2.45, 2.75) is 5.92 Å². The molecule has 2 aliphatic heterocycles. The maximum atomic E-state index is 11.7. The van der Waals surface area contributed by atoms with E-state index < -0.39 is 0 Å². The molecule has 14 heavy (non-hydrogen) atoms. The summed E-state index contributed by atoms with van der Waals surface area (Å²) in [4.78, 5) is 11.7. The van der Waals surface area contributed by atoms with Crippen molar-refractivity contribution in [3.05, 3.63) is 29.8 Å². The maximum Gasteiger partial charge on any atom is 0.229 e. The summed E-state index contributed by atoms with van der Waals surface area (Å²) >= 11 is 0. The van der Waals surface area contributed by atoms with Gasteiger partial charge in [0.25, 0.3) is 0 Å². The Balaban J connectivity index is 2.11. The first-order valence-corrected chi connectivity index (χ1v) is 4.97. The Morgan fingerprint density at radius 3 is 2.86 bits per heavy atom. The molecule has 3 rings (SSSR count). The monoisotopic (exact) mass is 188 g/mol. The van der Waals surface area contributed by atoms with Crippen molar-refractivity contribution >= 4 is 11.6 Å². The Labute approximate surface area is 82.5 Å². The Hall–Kier alpha value is -1.35. The molecule has 72 valence electrons. The van der Waals surface area contributed by atoms with Gasteiger partial charge in [0.1, 0.15) is 0 Å². The maximum absolute atomic E-state index is 11.7. The minimum Gasteiger partial charge on any atom is -0.326 e. The number of hydrogen-bond donors (Lipinski definition) is 2.